The molecule has 1 atom stereocenters. The van der Waals surface area contributed by atoms with Gasteiger partial charge in [0.2, 0.25) is 5.71 Å². The number of hydrogen-bond donors (Lipinski definition) is 2. The average Bonchev–Trinajstić information content (AvgIpc) is 3.10. The highest BCUT2D eigenvalue weighted by molar-refractivity contribution is 5.91. The maximum absolute atomic E-state index is 12.0. The zero-order valence-corrected chi connectivity index (χ0v) is 13.5. The molecular formula is C18H17NO6. The van der Waals surface area contributed by atoms with Crippen molar-refractivity contribution >= 4 is 23.0 Å². The fraction of sp³-hybridized carbons (Fsp3) is 0.222. The number of furan rings is 1. The van der Waals surface area contributed by atoms with Crippen molar-refractivity contribution < 1.29 is 29.0 Å². The van der Waals surface area contributed by atoms with Gasteiger partial charge in [-0.3, -0.25) is 9.59 Å². The number of carbonyl (C=O) groups is 2. The predicted molar refractivity (Wildman–Crippen MR) is 88.5 cm³/mol. The van der Waals surface area contributed by atoms with E-state index in [4.69, 9.17) is 14.3 Å². The largest absolute Gasteiger partial charge is 0.504 e. The third-order valence-electron chi connectivity index (χ3n) is 3.85. The predicted octanol–water partition coefficient (Wildman–Crippen LogP) is 3.00. The van der Waals surface area contributed by atoms with E-state index in [1.807, 2.05) is 30.3 Å². The Morgan fingerprint density at radius 3 is 2.68 bits per heavy atom. The number of aromatic nitrogens is 1. The third-order valence-corrected chi connectivity index (χ3v) is 3.85. The number of hydrogen-bond acceptors (Lipinski definition) is 5. The Bertz CT molecular complexity index is 908. The van der Waals surface area contributed by atoms with Gasteiger partial charge in [0.05, 0.1) is 25.1 Å². The number of aliphatic carboxylic acids is 1. The molecule has 7 heteroatoms. The van der Waals surface area contributed by atoms with E-state index in [-0.39, 0.29) is 23.3 Å². The van der Waals surface area contributed by atoms with Crippen LogP contribution in [0, 0.1) is 5.92 Å². The van der Waals surface area contributed by atoms with Crippen molar-refractivity contribution in [2.45, 2.75) is 19.9 Å². The number of carboxylic acids is 1. The maximum Gasteiger partial charge on any atom is 0.312 e. The molecule has 130 valence electrons. The Balaban J connectivity index is 1.87. The van der Waals surface area contributed by atoms with Gasteiger partial charge in [0.1, 0.15) is 11.6 Å². The Morgan fingerprint density at radius 2 is 2.00 bits per heavy atom. The maximum atomic E-state index is 12.0. The number of carbonyl (C=O) groups excluding carboxylic acids is 1. The summed E-state index contributed by atoms with van der Waals surface area (Å²) in [5.41, 5.74) is 1.38. The van der Waals surface area contributed by atoms with Gasteiger partial charge < -0.3 is 23.9 Å². The summed E-state index contributed by atoms with van der Waals surface area (Å²) < 4.78 is 12.3. The standard InChI is InChI=1S/C18H17NO6/c1-11(18(22)23)7-15(21)25-14-9-19(8-12-5-3-2-4-6-12)17-16(14)13(20)10-24-17/h2-6,9-11,20H,7-8H2,1H3,(H,22,23). The number of esters is 1. The van der Waals surface area contributed by atoms with Gasteiger partial charge in [0.15, 0.2) is 11.5 Å². The lowest BCUT2D eigenvalue weighted by Gasteiger charge is -2.06. The Kier molecular flexibility index (Phi) is 4.47. The van der Waals surface area contributed by atoms with E-state index in [2.05, 4.69) is 0 Å². The number of fused-ring (bicyclic) bond motifs is 1. The number of aromatic hydroxyl groups is 1. The van der Waals surface area contributed by atoms with Crippen molar-refractivity contribution in [3.63, 3.8) is 0 Å². The molecular weight excluding hydrogens is 326 g/mol. The highest BCUT2D eigenvalue weighted by atomic mass is 16.5. The van der Waals surface area contributed by atoms with Crippen molar-refractivity contribution in [2.24, 2.45) is 5.92 Å². The lowest BCUT2D eigenvalue weighted by Crippen LogP contribution is -2.18. The van der Waals surface area contributed by atoms with Gasteiger partial charge in [-0.05, 0) is 5.56 Å². The first kappa shape index (κ1) is 16.6. The smallest absolute Gasteiger partial charge is 0.312 e. The van der Waals surface area contributed by atoms with Crippen molar-refractivity contribution in [2.75, 3.05) is 0 Å². The Labute approximate surface area is 143 Å². The van der Waals surface area contributed by atoms with Crippen molar-refractivity contribution in [1.82, 2.24) is 4.57 Å². The molecule has 25 heavy (non-hydrogen) atoms. The molecule has 2 aromatic heterocycles. The molecule has 0 fully saturated rings. The van der Waals surface area contributed by atoms with E-state index >= 15 is 0 Å². The van der Waals surface area contributed by atoms with Gasteiger partial charge in [0.25, 0.3) is 0 Å². The second-order valence-electron chi connectivity index (χ2n) is 5.83. The highest BCUT2D eigenvalue weighted by Crippen LogP contribution is 2.37. The Morgan fingerprint density at radius 1 is 1.28 bits per heavy atom. The zero-order chi connectivity index (χ0) is 18.0. The minimum absolute atomic E-state index is 0.139. The minimum atomic E-state index is -1.07. The molecule has 3 aromatic rings. The van der Waals surface area contributed by atoms with Crippen LogP contribution in [0.2, 0.25) is 0 Å². The first-order chi connectivity index (χ1) is 12.0. The van der Waals surface area contributed by atoms with E-state index in [1.165, 1.54) is 13.2 Å². The van der Waals surface area contributed by atoms with Gasteiger partial charge >= 0.3 is 11.9 Å². The molecule has 0 spiro atoms. The average molecular weight is 343 g/mol. The fourth-order valence-corrected chi connectivity index (χ4v) is 2.52. The van der Waals surface area contributed by atoms with Crippen LogP contribution in [0.5, 0.6) is 11.5 Å². The molecule has 0 aliphatic heterocycles. The van der Waals surface area contributed by atoms with Gasteiger partial charge in [-0.25, -0.2) is 0 Å². The normalized spacial score (nSPS) is 12.2. The molecule has 2 heterocycles. The molecule has 0 aliphatic carbocycles. The summed E-state index contributed by atoms with van der Waals surface area (Å²) in [6.45, 7) is 1.89. The molecule has 0 saturated carbocycles. The van der Waals surface area contributed by atoms with Crippen molar-refractivity contribution in [3.8, 4) is 11.5 Å². The van der Waals surface area contributed by atoms with Crippen molar-refractivity contribution in [3.05, 3.63) is 48.4 Å². The monoisotopic (exact) mass is 343 g/mol. The number of carboxylic acid groups (broad SMARTS) is 1. The quantitative estimate of drug-likeness (QED) is 0.667. The zero-order valence-electron chi connectivity index (χ0n) is 13.5. The molecule has 1 unspecified atom stereocenters. The van der Waals surface area contributed by atoms with Crippen LogP contribution in [0.1, 0.15) is 18.9 Å². The molecule has 1 aromatic carbocycles. The molecule has 0 bridgehead atoms. The fourth-order valence-electron chi connectivity index (χ4n) is 2.52. The number of ether oxygens (including phenoxy) is 1. The van der Waals surface area contributed by atoms with Crippen LogP contribution in [0.3, 0.4) is 0 Å². The van der Waals surface area contributed by atoms with E-state index in [1.54, 1.807) is 10.8 Å². The van der Waals surface area contributed by atoms with Crippen LogP contribution in [-0.2, 0) is 16.1 Å². The molecule has 2 N–H and O–H groups in total. The second kappa shape index (κ2) is 6.72. The van der Waals surface area contributed by atoms with Crippen LogP contribution >= 0.6 is 0 Å². The molecule has 0 saturated heterocycles. The minimum Gasteiger partial charge on any atom is -0.504 e. The summed E-state index contributed by atoms with van der Waals surface area (Å²) in [6.07, 6.45) is 2.47. The number of nitrogens with zero attached hydrogens (tertiary/aromatic N) is 1. The Hall–Kier alpha value is -3.22. The van der Waals surface area contributed by atoms with Crippen LogP contribution in [0.4, 0.5) is 0 Å². The van der Waals surface area contributed by atoms with Gasteiger partial charge in [0, 0.05) is 0 Å². The van der Waals surface area contributed by atoms with Crippen molar-refractivity contribution in [1.29, 1.82) is 0 Å². The summed E-state index contributed by atoms with van der Waals surface area (Å²) >= 11 is 0. The van der Waals surface area contributed by atoms with E-state index in [9.17, 15) is 14.7 Å². The summed E-state index contributed by atoms with van der Waals surface area (Å²) in [7, 11) is 0. The van der Waals surface area contributed by atoms with E-state index < -0.39 is 17.9 Å². The van der Waals surface area contributed by atoms with Crippen LogP contribution in [0.25, 0.3) is 11.1 Å². The lowest BCUT2D eigenvalue weighted by atomic mass is 10.1. The number of rotatable bonds is 6. The van der Waals surface area contributed by atoms with E-state index in [0.717, 1.165) is 5.56 Å². The van der Waals surface area contributed by atoms with Crippen LogP contribution in [0.15, 0.2) is 47.2 Å². The summed E-state index contributed by atoms with van der Waals surface area (Å²) in [6, 6.07) is 9.60. The van der Waals surface area contributed by atoms with Gasteiger partial charge in [-0.1, -0.05) is 37.3 Å². The number of benzene rings is 1. The summed E-state index contributed by atoms with van der Waals surface area (Å²) in [5.74, 6) is -2.62. The van der Waals surface area contributed by atoms with Gasteiger partial charge in [-0.15, -0.1) is 0 Å². The second-order valence-corrected chi connectivity index (χ2v) is 5.83. The first-order valence-electron chi connectivity index (χ1n) is 7.72. The first-order valence-corrected chi connectivity index (χ1v) is 7.72. The highest BCUT2D eigenvalue weighted by Gasteiger charge is 2.22. The molecule has 3 rings (SSSR count). The van der Waals surface area contributed by atoms with E-state index in [0.29, 0.717) is 12.3 Å². The molecule has 0 radical (unpaired) electrons. The lowest BCUT2D eigenvalue weighted by molar-refractivity contribution is -0.146. The molecule has 0 amide bonds. The van der Waals surface area contributed by atoms with Crippen LogP contribution in [-0.4, -0.2) is 26.7 Å². The summed E-state index contributed by atoms with van der Waals surface area (Å²) in [5, 5.41) is 19.1. The van der Waals surface area contributed by atoms with Crippen LogP contribution < -0.4 is 4.74 Å². The summed E-state index contributed by atoms with van der Waals surface area (Å²) in [4.78, 5) is 22.8. The topological polar surface area (TPSA) is 102 Å². The SMILES string of the molecule is CC(CC(=O)Oc1cn(Cc2ccccc2)c2occ(O)c12)C(=O)O. The van der Waals surface area contributed by atoms with Gasteiger partial charge in [-0.2, -0.15) is 0 Å². The molecule has 7 nitrogen and oxygen atoms in total. The molecule has 0 aliphatic rings. The third kappa shape index (κ3) is 3.50.